The Hall–Kier alpha value is -2.86. The Kier molecular flexibility index (Phi) is 5.30. The molecule has 3 rings (SSSR count). The summed E-state index contributed by atoms with van der Waals surface area (Å²) in [6.45, 7) is 2.18. The number of halogens is 1. The molecule has 0 N–H and O–H groups in total. The van der Waals surface area contributed by atoms with Crippen LogP contribution in [0.15, 0.2) is 52.9 Å². The van der Waals surface area contributed by atoms with Gasteiger partial charge in [0, 0.05) is 10.6 Å². The molecule has 3 aromatic rings. The van der Waals surface area contributed by atoms with Crippen LogP contribution in [-0.4, -0.2) is 22.8 Å². The highest BCUT2D eigenvalue weighted by Gasteiger charge is 2.15. The van der Waals surface area contributed by atoms with Gasteiger partial charge in [0.05, 0.1) is 6.61 Å². The summed E-state index contributed by atoms with van der Waals surface area (Å²) >= 11 is 5.85. The first-order valence-electron chi connectivity index (χ1n) is 7.64. The second-order valence-corrected chi connectivity index (χ2v) is 5.45. The molecule has 1 heterocycles. The van der Waals surface area contributed by atoms with E-state index in [-0.39, 0.29) is 12.5 Å². The normalized spacial score (nSPS) is 10.5. The lowest BCUT2D eigenvalue weighted by Gasteiger charge is -2.08. The van der Waals surface area contributed by atoms with Crippen LogP contribution in [0.4, 0.5) is 0 Å². The summed E-state index contributed by atoms with van der Waals surface area (Å²) in [5.41, 5.74) is 1.08. The highest BCUT2D eigenvalue weighted by Crippen LogP contribution is 2.22. The van der Waals surface area contributed by atoms with Gasteiger partial charge >= 0.3 is 5.97 Å². The van der Waals surface area contributed by atoms with Gasteiger partial charge in [0.1, 0.15) is 11.3 Å². The zero-order valence-corrected chi connectivity index (χ0v) is 14.2. The fourth-order valence-corrected chi connectivity index (χ4v) is 2.27. The maximum absolute atomic E-state index is 12.2. The highest BCUT2D eigenvalue weighted by molar-refractivity contribution is 6.30. The molecule has 25 heavy (non-hydrogen) atoms. The SMILES string of the molecule is CCOc1ccccc1C(=O)OCc1nnc(-c2ccc(Cl)cc2)o1. The molecule has 0 fully saturated rings. The molecule has 128 valence electrons. The van der Waals surface area contributed by atoms with E-state index in [2.05, 4.69) is 10.2 Å². The van der Waals surface area contributed by atoms with Gasteiger partial charge < -0.3 is 13.9 Å². The summed E-state index contributed by atoms with van der Waals surface area (Å²) < 4.78 is 16.2. The molecule has 0 atom stereocenters. The average molecular weight is 359 g/mol. The summed E-state index contributed by atoms with van der Waals surface area (Å²) in [7, 11) is 0. The van der Waals surface area contributed by atoms with Crippen LogP contribution in [0.2, 0.25) is 5.02 Å². The lowest BCUT2D eigenvalue weighted by molar-refractivity contribution is 0.0434. The number of rotatable bonds is 6. The predicted molar refractivity (Wildman–Crippen MR) is 91.5 cm³/mol. The van der Waals surface area contributed by atoms with Crippen LogP contribution in [0.1, 0.15) is 23.2 Å². The lowest BCUT2D eigenvalue weighted by atomic mass is 10.2. The number of carbonyl (C=O) groups excluding carboxylic acids is 1. The van der Waals surface area contributed by atoms with Crippen LogP contribution in [0.5, 0.6) is 5.75 Å². The van der Waals surface area contributed by atoms with Crippen molar-refractivity contribution in [2.45, 2.75) is 13.5 Å². The third-order valence-electron chi connectivity index (χ3n) is 3.29. The molecule has 6 nitrogen and oxygen atoms in total. The number of carbonyl (C=O) groups is 1. The van der Waals surface area contributed by atoms with Crippen molar-refractivity contribution in [3.05, 3.63) is 65.0 Å². The van der Waals surface area contributed by atoms with E-state index in [4.69, 9.17) is 25.5 Å². The van der Waals surface area contributed by atoms with Gasteiger partial charge in [-0.1, -0.05) is 23.7 Å². The van der Waals surface area contributed by atoms with Crippen LogP contribution >= 0.6 is 11.6 Å². The van der Waals surface area contributed by atoms with E-state index in [0.717, 1.165) is 5.56 Å². The van der Waals surface area contributed by atoms with Gasteiger partial charge in [-0.25, -0.2) is 4.79 Å². The van der Waals surface area contributed by atoms with Gasteiger partial charge in [-0.05, 0) is 43.3 Å². The fourth-order valence-electron chi connectivity index (χ4n) is 2.14. The third kappa shape index (κ3) is 4.16. The van der Waals surface area contributed by atoms with Crippen molar-refractivity contribution in [2.24, 2.45) is 0 Å². The Morgan fingerprint density at radius 2 is 1.88 bits per heavy atom. The molecule has 0 amide bonds. The number of aromatic nitrogens is 2. The minimum atomic E-state index is -0.518. The zero-order valence-electron chi connectivity index (χ0n) is 13.4. The third-order valence-corrected chi connectivity index (χ3v) is 3.54. The minimum absolute atomic E-state index is 0.125. The maximum atomic E-state index is 12.2. The van der Waals surface area contributed by atoms with E-state index < -0.39 is 5.97 Å². The molecule has 0 aliphatic carbocycles. The number of nitrogens with zero attached hydrogens (tertiary/aromatic N) is 2. The van der Waals surface area contributed by atoms with Crippen LogP contribution in [0, 0.1) is 0 Å². The molecule has 7 heteroatoms. The Labute approximate surface area is 149 Å². The molecule has 0 radical (unpaired) electrons. The fraction of sp³-hybridized carbons (Fsp3) is 0.167. The molecular weight excluding hydrogens is 344 g/mol. The monoisotopic (exact) mass is 358 g/mol. The van der Waals surface area contributed by atoms with Crippen molar-refractivity contribution in [3.8, 4) is 17.2 Å². The van der Waals surface area contributed by atoms with Crippen LogP contribution in [0.3, 0.4) is 0 Å². The molecule has 0 aliphatic rings. The quantitative estimate of drug-likeness (QED) is 0.616. The molecule has 0 saturated heterocycles. The minimum Gasteiger partial charge on any atom is -0.493 e. The summed E-state index contributed by atoms with van der Waals surface area (Å²) in [4.78, 5) is 12.2. The maximum Gasteiger partial charge on any atom is 0.342 e. The Bertz CT molecular complexity index is 862. The van der Waals surface area contributed by atoms with Crippen molar-refractivity contribution in [1.29, 1.82) is 0 Å². The smallest absolute Gasteiger partial charge is 0.342 e. The zero-order chi connectivity index (χ0) is 17.6. The van der Waals surface area contributed by atoms with E-state index in [0.29, 0.717) is 28.8 Å². The van der Waals surface area contributed by atoms with Crippen molar-refractivity contribution in [2.75, 3.05) is 6.61 Å². The largest absolute Gasteiger partial charge is 0.493 e. The topological polar surface area (TPSA) is 74.5 Å². The molecule has 0 unspecified atom stereocenters. The first-order chi connectivity index (χ1) is 12.2. The Balaban J connectivity index is 1.66. The molecule has 1 aromatic heterocycles. The van der Waals surface area contributed by atoms with E-state index in [9.17, 15) is 4.79 Å². The number of ether oxygens (including phenoxy) is 2. The van der Waals surface area contributed by atoms with E-state index >= 15 is 0 Å². The molecule has 0 aliphatic heterocycles. The molecule has 0 bridgehead atoms. The predicted octanol–water partition coefficient (Wildman–Crippen LogP) is 4.15. The number of benzene rings is 2. The van der Waals surface area contributed by atoms with E-state index in [1.807, 2.05) is 6.92 Å². The number of para-hydroxylation sites is 1. The van der Waals surface area contributed by atoms with Crippen molar-refractivity contribution < 1.29 is 18.7 Å². The summed E-state index contributed by atoms with van der Waals surface area (Å²) in [6.07, 6.45) is 0. The van der Waals surface area contributed by atoms with E-state index in [1.165, 1.54) is 0 Å². The second kappa shape index (κ2) is 7.81. The standard InChI is InChI=1S/C18H15ClN2O4/c1-2-23-15-6-4-3-5-14(15)18(22)24-11-16-20-21-17(25-16)12-7-9-13(19)10-8-12/h3-10H,2,11H2,1H3. The van der Waals surface area contributed by atoms with E-state index in [1.54, 1.807) is 48.5 Å². The second-order valence-electron chi connectivity index (χ2n) is 5.01. The lowest BCUT2D eigenvalue weighted by Crippen LogP contribution is -2.08. The first-order valence-corrected chi connectivity index (χ1v) is 8.02. The van der Waals surface area contributed by atoms with Gasteiger partial charge in [0.15, 0.2) is 6.61 Å². The molecule has 0 saturated carbocycles. The van der Waals surface area contributed by atoms with Crippen LogP contribution in [0.25, 0.3) is 11.5 Å². The Morgan fingerprint density at radius 3 is 2.64 bits per heavy atom. The van der Waals surface area contributed by atoms with Gasteiger partial charge in [0.2, 0.25) is 5.89 Å². The average Bonchev–Trinajstić information content (AvgIpc) is 3.10. The van der Waals surface area contributed by atoms with Crippen LogP contribution < -0.4 is 4.74 Å². The summed E-state index contributed by atoms with van der Waals surface area (Å²) in [5, 5.41) is 8.44. The molecule has 0 spiro atoms. The van der Waals surface area contributed by atoms with Crippen molar-refractivity contribution in [3.63, 3.8) is 0 Å². The van der Waals surface area contributed by atoms with Crippen molar-refractivity contribution >= 4 is 17.6 Å². The first kappa shape index (κ1) is 17.0. The van der Waals surface area contributed by atoms with Crippen molar-refractivity contribution in [1.82, 2.24) is 10.2 Å². The summed E-state index contributed by atoms with van der Waals surface area (Å²) in [6, 6.07) is 13.9. The van der Waals surface area contributed by atoms with Gasteiger partial charge in [-0.2, -0.15) is 0 Å². The van der Waals surface area contributed by atoms with Gasteiger partial charge in [-0.3, -0.25) is 0 Å². The molecular formula is C18H15ClN2O4. The van der Waals surface area contributed by atoms with Gasteiger partial charge in [0.25, 0.3) is 5.89 Å². The number of hydrogen-bond acceptors (Lipinski definition) is 6. The summed E-state index contributed by atoms with van der Waals surface area (Å²) in [5.74, 6) is 0.488. The number of esters is 1. The highest BCUT2D eigenvalue weighted by atomic mass is 35.5. The van der Waals surface area contributed by atoms with Crippen LogP contribution in [-0.2, 0) is 11.3 Å². The Morgan fingerprint density at radius 1 is 1.12 bits per heavy atom. The van der Waals surface area contributed by atoms with Gasteiger partial charge in [-0.15, -0.1) is 10.2 Å². The molecule has 2 aromatic carbocycles. The number of hydrogen-bond donors (Lipinski definition) is 0.